The van der Waals surface area contributed by atoms with Crippen molar-refractivity contribution in [2.75, 3.05) is 18.9 Å². The van der Waals surface area contributed by atoms with Gasteiger partial charge in [0.25, 0.3) is 5.69 Å². The van der Waals surface area contributed by atoms with Gasteiger partial charge >= 0.3 is 0 Å². The summed E-state index contributed by atoms with van der Waals surface area (Å²) in [6.07, 6.45) is 0.186. The Hall–Kier alpha value is -2.64. The zero-order chi connectivity index (χ0) is 14.4. The van der Waals surface area contributed by atoms with Crippen LogP contribution in [0.2, 0.25) is 0 Å². The third-order valence-corrected chi connectivity index (χ3v) is 2.43. The molecule has 8 nitrogen and oxygen atoms in total. The molecule has 0 heterocycles. The number of nitro groups is 1. The molecule has 102 valence electrons. The largest absolute Gasteiger partial charge is 0.379 e. The first-order chi connectivity index (χ1) is 8.95. The highest BCUT2D eigenvalue weighted by atomic mass is 16.6. The maximum Gasteiger partial charge on any atom is 0.293 e. The number of nitro benzene ring substituents is 1. The average Bonchev–Trinajstić information content (AvgIpc) is 2.38. The summed E-state index contributed by atoms with van der Waals surface area (Å²) in [5.41, 5.74) is 5.09. The van der Waals surface area contributed by atoms with E-state index in [-0.39, 0.29) is 35.8 Å². The van der Waals surface area contributed by atoms with Crippen LogP contribution in [0, 0.1) is 10.1 Å². The number of carbonyl (C=O) groups excluding carboxylic acids is 2. The van der Waals surface area contributed by atoms with Gasteiger partial charge in [0.2, 0.25) is 11.8 Å². The van der Waals surface area contributed by atoms with Gasteiger partial charge in [-0.1, -0.05) is 0 Å². The van der Waals surface area contributed by atoms with E-state index in [1.54, 1.807) is 0 Å². The Bertz CT molecular complexity index is 515. The molecule has 0 aliphatic carbocycles. The summed E-state index contributed by atoms with van der Waals surface area (Å²) in [7, 11) is 1.51. The summed E-state index contributed by atoms with van der Waals surface area (Å²) >= 11 is 0. The van der Waals surface area contributed by atoms with Crippen molar-refractivity contribution >= 4 is 23.2 Å². The van der Waals surface area contributed by atoms with Gasteiger partial charge in [0.1, 0.15) is 5.69 Å². The number of nitrogens with two attached hydrogens (primary N) is 1. The van der Waals surface area contributed by atoms with E-state index in [2.05, 4.69) is 10.6 Å². The van der Waals surface area contributed by atoms with Crippen LogP contribution in [0.4, 0.5) is 11.4 Å². The van der Waals surface area contributed by atoms with E-state index in [0.29, 0.717) is 0 Å². The highest BCUT2D eigenvalue weighted by Crippen LogP contribution is 2.25. The Morgan fingerprint density at radius 2 is 2.11 bits per heavy atom. The van der Waals surface area contributed by atoms with Crippen LogP contribution in [0.15, 0.2) is 18.2 Å². The quantitative estimate of drug-likeness (QED) is 0.502. The molecule has 4 N–H and O–H groups in total. The number of amides is 2. The number of rotatable bonds is 6. The number of nitrogens with one attached hydrogen (secondary N) is 2. The normalized spacial score (nSPS) is 9.74. The molecule has 2 amide bonds. The molecule has 0 atom stereocenters. The summed E-state index contributed by atoms with van der Waals surface area (Å²) in [4.78, 5) is 32.2. The van der Waals surface area contributed by atoms with E-state index >= 15 is 0 Å². The number of primary amides is 1. The van der Waals surface area contributed by atoms with Crippen molar-refractivity contribution < 1.29 is 14.5 Å². The molecule has 1 aromatic rings. The van der Waals surface area contributed by atoms with Gasteiger partial charge in [0.05, 0.1) is 4.92 Å². The van der Waals surface area contributed by atoms with E-state index in [1.165, 1.54) is 19.2 Å². The van der Waals surface area contributed by atoms with E-state index in [4.69, 9.17) is 5.73 Å². The van der Waals surface area contributed by atoms with Crippen molar-refractivity contribution in [1.29, 1.82) is 0 Å². The van der Waals surface area contributed by atoms with Crippen LogP contribution < -0.4 is 16.4 Å². The fourth-order valence-corrected chi connectivity index (χ4v) is 1.42. The minimum Gasteiger partial charge on any atom is -0.379 e. The Kier molecular flexibility index (Phi) is 4.81. The summed E-state index contributed by atoms with van der Waals surface area (Å²) < 4.78 is 0. The molecule has 1 rings (SSSR count). The number of carbonyl (C=O) groups is 2. The third-order valence-electron chi connectivity index (χ3n) is 2.43. The lowest BCUT2D eigenvalue weighted by atomic mass is 10.1. The molecule has 0 saturated carbocycles. The van der Waals surface area contributed by atoms with Crippen LogP contribution in [0.1, 0.15) is 16.8 Å². The Morgan fingerprint density at radius 1 is 1.42 bits per heavy atom. The van der Waals surface area contributed by atoms with Crippen LogP contribution >= 0.6 is 0 Å². The molecule has 1 aromatic carbocycles. The molecule has 0 fully saturated rings. The minimum atomic E-state index is -0.736. The molecule has 19 heavy (non-hydrogen) atoms. The van der Waals surface area contributed by atoms with Crippen molar-refractivity contribution in [3.8, 4) is 0 Å². The molecular formula is C11H14N4O4. The van der Waals surface area contributed by atoms with E-state index in [9.17, 15) is 19.7 Å². The van der Waals surface area contributed by atoms with E-state index in [1.807, 2.05) is 0 Å². The van der Waals surface area contributed by atoms with Crippen LogP contribution in [0.3, 0.4) is 0 Å². The number of benzene rings is 1. The Labute approximate surface area is 109 Å². The highest BCUT2D eigenvalue weighted by Gasteiger charge is 2.16. The molecule has 0 bridgehead atoms. The predicted molar refractivity (Wildman–Crippen MR) is 68.8 cm³/mol. The van der Waals surface area contributed by atoms with Crippen LogP contribution in [-0.4, -0.2) is 30.3 Å². The number of hydrogen-bond donors (Lipinski definition) is 3. The summed E-state index contributed by atoms with van der Waals surface area (Å²) in [6, 6.07) is 3.88. The summed E-state index contributed by atoms with van der Waals surface area (Å²) in [5.74, 6) is -0.913. The molecule has 0 saturated heterocycles. The van der Waals surface area contributed by atoms with E-state index < -0.39 is 10.8 Å². The van der Waals surface area contributed by atoms with Gasteiger partial charge in [0.15, 0.2) is 0 Å². The lowest BCUT2D eigenvalue weighted by Gasteiger charge is -2.07. The van der Waals surface area contributed by atoms with E-state index in [0.717, 1.165) is 6.07 Å². The summed E-state index contributed by atoms with van der Waals surface area (Å²) in [6.45, 7) is 0.246. The van der Waals surface area contributed by atoms with Crippen molar-refractivity contribution in [3.05, 3.63) is 33.9 Å². The Balaban J connectivity index is 2.85. The maximum absolute atomic E-state index is 11.0. The fraction of sp³-hybridized carbons (Fsp3) is 0.273. The van der Waals surface area contributed by atoms with Crippen LogP contribution in [-0.2, 0) is 4.79 Å². The minimum absolute atomic E-state index is 0.0588. The van der Waals surface area contributed by atoms with Gasteiger partial charge in [-0.3, -0.25) is 19.7 Å². The van der Waals surface area contributed by atoms with Crippen molar-refractivity contribution in [3.63, 3.8) is 0 Å². The first kappa shape index (κ1) is 14.4. The number of nitrogens with zero attached hydrogens (tertiary/aromatic N) is 1. The smallest absolute Gasteiger partial charge is 0.293 e. The average molecular weight is 266 g/mol. The van der Waals surface area contributed by atoms with Gasteiger partial charge in [-0.2, -0.15) is 0 Å². The molecule has 0 aromatic heterocycles. The molecule has 0 unspecified atom stereocenters. The van der Waals surface area contributed by atoms with Gasteiger partial charge in [0, 0.05) is 31.6 Å². The van der Waals surface area contributed by atoms with Crippen molar-refractivity contribution in [2.24, 2.45) is 5.73 Å². The van der Waals surface area contributed by atoms with Gasteiger partial charge < -0.3 is 16.4 Å². The second kappa shape index (κ2) is 6.34. The number of hydrogen-bond acceptors (Lipinski definition) is 5. The first-order valence-electron chi connectivity index (χ1n) is 5.48. The molecule has 0 aliphatic rings. The first-order valence-corrected chi connectivity index (χ1v) is 5.48. The van der Waals surface area contributed by atoms with Crippen molar-refractivity contribution in [2.45, 2.75) is 6.42 Å². The highest BCUT2D eigenvalue weighted by molar-refractivity contribution is 5.94. The van der Waals surface area contributed by atoms with Gasteiger partial charge in [-0.05, 0) is 12.1 Å². The third kappa shape index (κ3) is 3.95. The Morgan fingerprint density at radius 3 is 2.63 bits per heavy atom. The second-order valence-electron chi connectivity index (χ2n) is 3.70. The van der Waals surface area contributed by atoms with Gasteiger partial charge in [-0.15, -0.1) is 0 Å². The molecule has 8 heteroatoms. The van der Waals surface area contributed by atoms with Crippen molar-refractivity contribution in [1.82, 2.24) is 5.32 Å². The summed E-state index contributed by atoms with van der Waals surface area (Å²) in [5, 5.41) is 16.1. The standard InChI is InChI=1S/C11H14N4O4/c1-13-10(16)4-5-14-8-3-2-7(11(12)17)6-9(8)15(18)19/h2-3,6,14H,4-5H2,1H3,(H2,12,17)(H,13,16). The lowest BCUT2D eigenvalue weighted by Crippen LogP contribution is -2.21. The monoisotopic (exact) mass is 266 g/mol. The molecule has 0 radical (unpaired) electrons. The molecular weight excluding hydrogens is 252 g/mol. The molecule has 0 aliphatic heterocycles. The zero-order valence-electron chi connectivity index (χ0n) is 10.3. The predicted octanol–water partition coefficient (Wildman–Crippen LogP) is 0.242. The van der Waals surface area contributed by atoms with Crippen LogP contribution in [0.5, 0.6) is 0 Å². The topological polar surface area (TPSA) is 127 Å². The fourth-order valence-electron chi connectivity index (χ4n) is 1.42. The van der Waals surface area contributed by atoms with Crippen LogP contribution in [0.25, 0.3) is 0 Å². The SMILES string of the molecule is CNC(=O)CCNc1ccc(C(N)=O)cc1[N+](=O)[O-]. The second-order valence-corrected chi connectivity index (χ2v) is 3.70. The van der Waals surface area contributed by atoms with Gasteiger partial charge in [-0.25, -0.2) is 0 Å². The molecule has 0 spiro atoms. The lowest BCUT2D eigenvalue weighted by molar-refractivity contribution is -0.384. The maximum atomic E-state index is 11.0. The zero-order valence-corrected chi connectivity index (χ0v) is 10.3. The number of anilines is 1.